The molecular weight excluding hydrogens is 386 g/mol. The average molecular weight is 418 g/mol. The number of methoxy groups -OCH3 is 1. The summed E-state index contributed by atoms with van der Waals surface area (Å²) in [5.41, 5.74) is 4.19. The van der Waals surface area contributed by atoms with Gasteiger partial charge in [0.1, 0.15) is 5.75 Å². The van der Waals surface area contributed by atoms with E-state index in [1.54, 1.807) is 7.11 Å². The Kier molecular flexibility index (Phi) is 6.14. The number of hydrogen-bond acceptors (Lipinski definition) is 4. The van der Waals surface area contributed by atoms with Crippen LogP contribution in [-0.2, 0) is 4.79 Å². The van der Waals surface area contributed by atoms with Gasteiger partial charge >= 0.3 is 0 Å². The fraction of sp³-hybridized carbons (Fsp3) is 0.346. The van der Waals surface area contributed by atoms with E-state index in [4.69, 9.17) is 4.74 Å². The van der Waals surface area contributed by atoms with Crippen molar-refractivity contribution in [1.82, 2.24) is 4.90 Å². The molecule has 3 aromatic rings. The van der Waals surface area contributed by atoms with Gasteiger partial charge in [0.15, 0.2) is 0 Å². The summed E-state index contributed by atoms with van der Waals surface area (Å²) in [6.45, 7) is 8.23. The number of fused-ring (bicyclic) bond motifs is 1. The summed E-state index contributed by atoms with van der Waals surface area (Å²) in [4.78, 5) is 17.7. The predicted octanol–water partition coefficient (Wildman–Crippen LogP) is 4.65. The quantitative estimate of drug-likeness (QED) is 0.656. The number of amides is 1. The van der Waals surface area contributed by atoms with Gasteiger partial charge in [0, 0.05) is 37.6 Å². The van der Waals surface area contributed by atoms with Gasteiger partial charge in [-0.25, -0.2) is 0 Å². The molecule has 5 nitrogen and oxygen atoms in total. The monoisotopic (exact) mass is 417 g/mol. The van der Waals surface area contributed by atoms with Crippen molar-refractivity contribution in [3.05, 3.63) is 65.7 Å². The summed E-state index contributed by atoms with van der Waals surface area (Å²) in [5.74, 6) is 0.591. The van der Waals surface area contributed by atoms with Crippen molar-refractivity contribution >= 4 is 28.1 Å². The minimum atomic E-state index is -0.247. The number of nitrogens with zero attached hydrogens (tertiary/aromatic N) is 2. The van der Waals surface area contributed by atoms with E-state index < -0.39 is 0 Å². The number of ether oxygens (including phenoxy) is 1. The number of benzene rings is 3. The van der Waals surface area contributed by atoms with Gasteiger partial charge < -0.3 is 19.9 Å². The average Bonchev–Trinajstić information content (AvgIpc) is 2.79. The third-order valence-electron chi connectivity index (χ3n) is 6.30. The second-order valence-corrected chi connectivity index (χ2v) is 8.47. The fourth-order valence-corrected chi connectivity index (χ4v) is 4.08. The number of piperazine rings is 1. The summed E-state index contributed by atoms with van der Waals surface area (Å²) in [6.07, 6.45) is 0. The van der Waals surface area contributed by atoms with Gasteiger partial charge in [-0.05, 0) is 73.1 Å². The molecule has 0 aromatic heterocycles. The van der Waals surface area contributed by atoms with Crippen LogP contribution in [0, 0.1) is 6.92 Å². The van der Waals surface area contributed by atoms with E-state index in [0.717, 1.165) is 59.5 Å². The van der Waals surface area contributed by atoms with Crippen LogP contribution < -0.4 is 15.0 Å². The van der Waals surface area contributed by atoms with E-state index in [-0.39, 0.29) is 11.8 Å². The Morgan fingerprint density at radius 1 is 0.968 bits per heavy atom. The first-order chi connectivity index (χ1) is 14.9. The van der Waals surface area contributed by atoms with Crippen LogP contribution in [0.15, 0.2) is 54.6 Å². The molecule has 0 bridgehead atoms. The van der Waals surface area contributed by atoms with Crippen LogP contribution in [0.25, 0.3) is 10.8 Å². The molecule has 1 amide bonds. The van der Waals surface area contributed by atoms with Crippen LogP contribution in [-0.4, -0.2) is 51.1 Å². The lowest BCUT2D eigenvalue weighted by Gasteiger charge is -2.34. The van der Waals surface area contributed by atoms with Crippen molar-refractivity contribution in [3.8, 4) is 5.75 Å². The SMILES string of the molecule is COc1ccc2cc(C(C)C(=O)Nc3ccc(N4CCN(C)CC4)cc3C)ccc2c1. The Morgan fingerprint density at radius 3 is 2.39 bits per heavy atom. The van der Waals surface area contributed by atoms with E-state index in [0.29, 0.717) is 0 Å². The Balaban J connectivity index is 1.46. The molecule has 0 saturated carbocycles. The zero-order valence-corrected chi connectivity index (χ0v) is 18.8. The molecule has 1 heterocycles. The molecule has 162 valence electrons. The predicted molar refractivity (Wildman–Crippen MR) is 128 cm³/mol. The van der Waals surface area contributed by atoms with E-state index in [1.165, 1.54) is 5.69 Å². The second-order valence-electron chi connectivity index (χ2n) is 8.47. The Labute approximate surface area is 184 Å². The van der Waals surface area contributed by atoms with Gasteiger partial charge in [-0.3, -0.25) is 4.79 Å². The number of nitrogens with one attached hydrogen (secondary N) is 1. The maximum atomic E-state index is 13.0. The van der Waals surface area contributed by atoms with Gasteiger partial charge in [-0.1, -0.05) is 24.3 Å². The molecule has 1 fully saturated rings. The highest BCUT2D eigenvalue weighted by atomic mass is 16.5. The number of likely N-dealkylation sites (N-methyl/N-ethyl adjacent to an activating group) is 1. The van der Waals surface area contributed by atoms with Crippen LogP contribution in [0.4, 0.5) is 11.4 Å². The molecule has 1 aliphatic heterocycles. The number of aryl methyl sites for hydroxylation is 1. The van der Waals surface area contributed by atoms with Crippen molar-refractivity contribution in [2.75, 3.05) is 50.6 Å². The second kappa shape index (κ2) is 8.98. The molecule has 1 saturated heterocycles. The minimum absolute atomic E-state index is 0.00306. The van der Waals surface area contributed by atoms with Crippen molar-refractivity contribution < 1.29 is 9.53 Å². The summed E-state index contributed by atoms with van der Waals surface area (Å²) in [6, 6.07) is 18.5. The number of carbonyl (C=O) groups excluding carboxylic acids is 1. The van der Waals surface area contributed by atoms with E-state index in [9.17, 15) is 4.79 Å². The molecule has 5 heteroatoms. The third-order valence-corrected chi connectivity index (χ3v) is 6.30. The molecule has 0 spiro atoms. The molecule has 0 aliphatic carbocycles. The van der Waals surface area contributed by atoms with Crippen LogP contribution in [0.5, 0.6) is 5.75 Å². The first-order valence-electron chi connectivity index (χ1n) is 10.9. The first kappa shape index (κ1) is 21.2. The first-order valence-corrected chi connectivity index (χ1v) is 10.9. The van der Waals surface area contributed by atoms with Gasteiger partial charge in [0.05, 0.1) is 13.0 Å². The maximum absolute atomic E-state index is 13.0. The lowest BCUT2D eigenvalue weighted by atomic mass is 9.96. The smallest absolute Gasteiger partial charge is 0.231 e. The highest BCUT2D eigenvalue weighted by Gasteiger charge is 2.18. The van der Waals surface area contributed by atoms with Crippen LogP contribution >= 0.6 is 0 Å². The van der Waals surface area contributed by atoms with Gasteiger partial charge in [0.2, 0.25) is 5.91 Å². The van der Waals surface area contributed by atoms with Crippen molar-refractivity contribution in [2.24, 2.45) is 0 Å². The molecule has 3 aromatic carbocycles. The lowest BCUT2D eigenvalue weighted by Crippen LogP contribution is -2.44. The van der Waals surface area contributed by atoms with Gasteiger partial charge in [0.25, 0.3) is 0 Å². The molecule has 0 radical (unpaired) electrons. The summed E-state index contributed by atoms with van der Waals surface area (Å²) in [5, 5.41) is 5.33. The van der Waals surface area contributed by atoms with E-state index >= 15 is 0 Å². The summed E-state index contributed by atoms with van der Waals surface area (Å²) in [7, 11) is 3.83. The number of carbonyl (C=O) groups is 1. The van der Waals surface area contributed by atoms with E-state index in [2.05, 4.69) is 47.3 Å². The minimum Gasteiger partial charge on any atom is -0.497 e. The molecule has 4 rings (SSSR count). The Bertz CT molecular complexity index is 1090. The van der Waals surface area contributed by atoms with Gasteiger partial charge in [-0.15, -0.1) is 0 Å². The fourth-order valence-electron chi connectivity index (χ4n) is 4.08. The number of anilines is 2. The van der Waals surface area contributed by atoms with Crippen molar-refractivity contribution in [1.29, 1.82) is 0 Å². The van der Waals surface area contributed by atoms with Gasteiger partial charge in [-0.2, -0.15) is 0 Å². The Hall–Kier alpha value is -3.05. The maximum Gasteiger partial charge on any atom is 0.231 e. The summed E-state index contributed by atoms with van der Waals surface area (Å²) >= 11 is 0. The molecule has 1 N–H and O–H groups in total. The van der Waals surface area contributed by atoms with E-state index in [1.807, 2.05) is 43.3 Å². The molecule has 31 heavy (non-hydrogen) atoms. The third kappa shape index (κ3) is 4.67. The highest BCUT2D eigenvalue weighted by Crippen LogP contribution is 2.28. The number of hydrogen-bond donors (Lipinski definition) is 1. The zero-order chi connectivity index (χ0) is 22.0. The zero-order valence-electron chi connectivity index (χ0n) is 18.8. The normalized spacial score (nSPS) is 15.7. The lowest BCUT2D eigenvalue weighted by molar-refractivity contribution is -0.117. The summed E-state index contributed by atoms with van der Waals surface area (Å²) < 4.78 is 5.30. The van der Waals surface area contributed by atoms with Crippen LogP contribution in [0.3, 0.4) is 0 Å². The highest BCUT2D eigenvalue weighted by molar-refractivity contribution is 5.97. The van der Waals surface area contributed by atoms with Crippen LogP contribution in [0.1, 0.15) is 24.0 Å². The van der Waals surface area contributed by atoms with Crippen molar-refractivity contribution in [2.45, 2.75) is 19.8 Å². The molecular formula is C26H31N3O2. The number of rotatable bonds is 5. The topological polar surface area (TPSA) is 44.8 Å². The van der Waals surface area contributed by atoms with Crippen molar-refractivity contribution in [3.63, 3.8) is 0 Å². The molecule has 1 unspecified atom stereocenters. The largest absolute Gasteiger partial charge is 0.497 e. The molecule has 1 aliphatic rings. The molecule has 1 atom stereocenters. The van der Waals surface area contributed by atoms with Crippen LogP contribution in [0.2, 0.25) is 0 Å². The standard InChI is InChI=1S/C26H31N3O2/c1-18-15-23(29-13-11-28(3)12-14-29)8-10-25(18)27-26(30)19(2)20-5-6-22-17-24(31-4)9-7-21(22)16-20/h5-10,15-17,19H,11-14H2,1-4H3,(H,27,30). The Morgan fingerprint density at radius 2 is 1.68 bits per heavy atom.